The van der Waals surface area contributed by atoms with Crippen LogP contribution in [0, 0.1) is 0 Å². The number of thiazole rings is 1. The summed E-state index contributed by atoms with van der Waals surface area (Å²) in [5.41, 5.74) is 2.90. The van der Waals surface area contributed by atoms with Crippen LogP contribution in [0.1, 0.15) is 39.5 Å². The minimum absolute atomic E-state index is 0.0714. The molecular weight excluding hydrogens is 368 g/mol. The molecule has 1 fully saturated rings. The van der Waals surface area contributed by atoms with Crippen molar-refractivity contribution in [1.29, 1.82) is 0 Å². The van der Waals surface area contributed by atoms with Crippen LogP contribution in [0.3, 0.4) is 0 Å². The van der Waals surface area contributed by atoms with Gasteiger partial charge in [-0.1, -0.05) is 60.7 Å². The van der Waals surface area contributed by atoms with E-state index in [9.17, 15) is 4.79 Å². The fourth-order valence-corrected chi connectivity index (χ4v) is 4.54. The molecule has 0 atom stereocenters. The van der Waals surface area contributed by atoms with Gasteiger partial charge in [-0.3, -0.25) is 4.79 Å². The predicted octanol–water partition coefficient (Wildman–Crippen LogP) is 4.21. The Kier molecular flexibility index (Phi) is 5.84. The zero-order valence-electron chi connectivity index (χ0n) is 15.8. The Morgan fingerprint density at radius 1 is 1.04 bits per heavy atom. The molecule has 1 aromatic heterocycles. The van der Waals surface area contributed by atoms with Crippen LogP contribution >= 0.6 is 11.3 Å². The Morgan fingerprint density at radius 2 is 1.71 bits per heavy atom. The second-order valence-electron chi connectivity index (χ2n) is 7.23. The van der Waals surface area contributed by atoms with Crippen LogP contribution in [-0.2, 0) is 16.6 Å². The summed E-state index contributed by atoms with van der Waals surface area (Å²) in [6, 6.07) is 20.7. The van der Waals surface area contributed by atoms with E-state index in [-0.39, 0.29) is 11.3 Å². The van der Waals surface area contributed by atoms with E-state index < -0.39 is 0 Å². The molecule has 1 N–H and O–H groups in total. The topological polar surface area (TPSA) is 51.2 Å². The summed E-state index contributed by atoms with van der Waals surface area (Å²) in [6.45, 7) is 2.05. The highest BCUT2D eigenvalue weighted by atomic mass is 32.1. The van der Waals surface area contributed by atoms with E-state index in [2.05, 4.69) is 46.7 Å². The number of carbonyl (C=O) groups excluding carboxylic acids is 1. The minimum atomic E-state index is -0.0997. The average Bonchev–Trinajstić information content (AvgIpc) is 3.23. The largest absolute Gasteiger partial charge is 0.381 e. The number of carbonyl (C=O) groups is 1. The van der Waals surface area contributed by atoms with Gasteiger partial charge in [-0.05, 0) is 24.0 Å². The molecule has 144 valence electrons. The first kappa shape index (κ1) is 18.8. The highest BCUT2D eigenvalue weighted by Crippen LogP contribution is 2.34. The van der Waals surface area contributed by atoms with Gasteiger partial charge in [0.1, 0.15) is 5.69 Å². The molecular formula is C23H24N2O2S. The van der Waals surface area contributed by atoms with Gasteiger partial charge < -0.3 is 10.1 Å². The van der Waals surface area contributed by atoms with Gasteiger partial charge in [-0.15, -0.1) is 11.3 Å². The van der Waals surface area contributed by atoms with Gasteiger partial charge in [0.25, 0.3) is 5.91 Å². The zero-order valence-corrected chi connectivity index (χ0v) is 16.6. The molecule has 4 rings (SSSR count). The summed E-state index contributed by atoms with van der Waals surface area (Å²) in [7, 11) is 0. The number of nitrogens with one attached hydrogen (secondary N) is 1. The minimum Gasteiger partial charge on any atom is -0.381 e. The number of hydrogen-bond acceptors (Lipinski definition) is 4. The van der Waals surface area contributed by atoms with Gasteiger partial charge in [0, 0.05) is 37.0 Å². The molecule has 28 heavy (non-hydrogen) atoms. The normalized spacial score (nSPS) is 15.9. The molecule has 0 spiro atoms. The average molecular weight is 393 g/mol. The van der Waals surface area contributed by atoms with Gasteiger partial charge in [-0.2, -0.15) is 0 Å². The summed E-state index contributed by atoms with van der Waals surface area (Å²) >= 11 is 1.54. The molecule has 0 aliphatic carbocycles. The zero-order chi connectivity index (χ0) is 19.2. The third-order valence-electron chi connectivity index (χ3n) is 5.41. The molecule has 1 saturated heterocycles. The van der Waals surface area contributed by atoms with Crippen molar-refractivity contribution in [2.45, 2.75) is 24.7 Å². The lowest BCUT2D eigenvalue weighted by molar-refractivity contribution is 0.0487. The molecule has 3 aromatic rings. The van der Waals surface area contributed by atoms with E-state index in [1.807, 2.05) is 29.6 Å². The Hall–Kier alpha value is -2.50. The summed E-state index contributed by atoms with van der Waals surface area (Å²) in [5.74, 6) is -0.0997. The molecule has 0 saturated carbocycles. The lowest BCUT2D eigenvalue weighted by atomic mass is 9.74. The fraction of sp³-hybridized carbons (Fsp3) is 0.304. The van der Waals surface area contributed by atoms with Gasteiger partial charge in [0.05, 0.1) is 5.01 Å². The van der Waals surface area contributed by atoms with E-state index in [4.69, 9.17) is 4.74 Å². The van der Waals surface area contributed by atoms with Crippen molar-refractivity contribution in [1.82, 2.24) is 10.3 Å². The first-order valence-electron chi connectivity index (χ1n) is 9.65. The van der Waals surface area contributed by atoms with Crippen molar-refractivity contribution in [2.75, 3.05) is 19.8 Å². The number of ether oxygens (including phenoxy) is 1. The molecule has 0 bridgehead atoms. The van der Waals surface area contributed by atoms with Crippen molar-refractivity contribution in [2.24, 2.45) is 0 Å². The molecule has 0 unspecified atom stereocenters. The smallest absolute Gasteiger partial charge is 0.270 e. The second kappa shape index (κ2) is 8.67. The number of aromatic nitrogens is 1. The predicted molar refractivity (Wildman–Crippen MR) is 112 cm³/mol. The first-order chi connectivity index (χ1) is 13.8. The lowest BCUT2D eigenvalue weighted by Gasteiger charge is -2.37. The Bertz CT molecular complexity index is 903. The quantitative estimate of drug-likeness (QED) is 0.684. The first-order valence-corrected chi connectivity index (χ1v) is 10.5. The molecule has 1 aliphatic rings. The molecule has 2 aromatic carbocycles. The van der Waals surface area contributed by atoms with Crippen LogP contribution in [0.4, 0.5) is 0 Å². The van der Waals surface area contributed by atoms with Crippen molar-refractivity contribution < 1.29 is 9.53 Å². The molecule has 2 heterocycles. The number of amides is 1. The molecule has 5 heteroatoms. The van der Waals surface area contributed by atoms with Crippen molar-refractivity contribution >= 4 is 17.2 Å². The van der Waals surface area contributed by atoms with Crippen LogP contribution < -0.4 is 5.32 Å². The molecule has 1 aliphatic heterocycles. The maximum atomic E-state index is 12.7. The van der Waals surface area contributed by atoms with Crippen LogP contribution in [0.5, 0.6) is 0 Å². The molecule has 1 amide bonds. The summed E-state index contributed by atoms with van der Waals surface area (Å²) in [6.07, 6.45) is 2.57. The SMILES string of the molecule is O=C(NCC1(c2ccccc2)CCOCC1)c1csc(Cc2ccccc2)n1. The van der Waals surface area contributed by atoms with E-state index in [0.29, 0.717) is 12.2 Å². The monoisotopic (exact) mass is 392 g/mol. The Labute approximate surface area is 169 Å². The fourth-order valence-electron chi connectivity index (χ4n) is 3.73. The van der Waals surface area contributed by atoms with Crippen molar-refractivity contribution in [3.63, 3.8) is 0 Å². The van der Waals surface area contributed by atoms with Crippen LogP contribution in [0.15, 0.2) is 66.0 Å². The van der Waals surface area contributed by atoms with Crippen LogP contribution in [0.25, 0.3) is 0 Å². The molecule has 0 radical (unpaired) electrons. The highest BCUT2D eigenvalue weighted by Gasteiger charge is 2.34. The number of benzene rings is 2. The van der Waals surface area contributed by atoms with Gasteiger partial charge >= 0.3 is 0 Å². The van der Waals surface area contributed by atoms with Crippen molar-refractivity contribution in [3.8, 4) is 0 Å². The van der Waals surface area contributed by atoms with E-state index in [0.717, 1.165) is 37.5 Å². The summed E-state index contributed by atoms with van der Waals surface area (Å²) in [4.78, 5) is 17.3. The number of rotatable bonds is 6. The van der Waals surface area contributed by atoms with E-state index in [1.54, 1.807) is 0 Å². The van der Waals surface area contributed by atoms with Crippen LogP contribution in [-0.4, -0.2) is 30.6 Å². The van der Waals surface area contributed by atoms with Gasteiger partial charge in [0.2, 0.25) is 0 Å². The van der Waals surface area contributed by atoms with Crippen LogP contribution in [0.2, 0.25) is 0 Å². The standard InChI is InChI=1S/C23H24N2O2S/c26-22(20-16-28-21(25-20)15-18-7-3-1-4-8-18)24-17-23(11-13-27-14-12-23)19-9-5-2-6-10-19/h1-10,16H,11-15,17H2,(H,24,26). The van der Waals surface area contributed by atoms with Gasteiger partial charge in [-0.25, -0.2) is 4.98 Å². The summed E-state index contributed by atoms with van der Waals surface area (Å²) < 4.78 is 5.57. The maximum Gasteiger partial charge on any atom is 0.270 e. The Balaban J connectivity index is 1.43. The third-order valence-corrected chi connectivity index (χ3v) is 6.25. The maximum absolute atomic E-state index is 12.7. The summed E-state index contributed by atoms with van der Waals surface area (Å²) in [5, 5.41) is 5.95. The third kappa shape index (κ3) is 4.32. The van der Waals surface area contributed by atoms with Crippen molar-refractivity contribution in [3.05, 3.63) is 87.9 Å². The number of nitrogens with zero attached hydrogens (tertiary/aromatic N) is 1. The van der Waals surface area contributed by atoms with E-state index >= 15 is 0 Å². The van der Waals surface area contributed by atoms with Gasteiger partial charge in [0.15, 0.2) is 0 Å². The highest BCUT2D eigenvalue weighted by molar-refractivity contribution is 7.09. The molecule has 4 nitrogen and oxygen atoms in total. The lowest BCUT2D eigenvalue weighted by Crippen LogP contribution is -2.44. The Morgan fingerprint density at radius 3 is 2.43 bits per heavy atom. The number of hydrogen-bond donors (Lipinski definition) is 1. The second-order valence-corrected chi connectivity index (χ2v) is 8.17. The van der Waals surface area contributed by atoms with E-state index in [1.165, 1.54) is 22.5 Å².